The van der Waals surface area contributed by atoms with Gasteiger partial charge in [0, 0.05) is 22.0 Å². The minimum atomic E-state index is 1.13. The van der Waals surface area contributed by atoms with Crippen LogP contribution in [0.3, 0.4) is 0 Å². The van der Waals surface area contributed by atoms with E-state index in [2.05, 4.69) is 85.1 Å². The zero-order chi connectivity index (χ0) is 19.8. The Morgan fingerprint density at radius 3 is 2.29 bits per heavy atom. The molecule has 5 rings (SSSR count). The highest BCUT2D eigenvalue weighted by Gasteiger charge is 2.07. The lowest BCUT2D eigenvalue weighted by Gasteiger charge is -1.97. The van der Waals surface area contributed by atoms with E-state index < -0.39 is 0 Å². The molecule has 1 aliphatic rings. The zero-order valence-electron chi connectivity index (χ0n) is 16.6. The largest absolute Gasteiger partial charge is 0.265 e. The molecule has 3 heteroatoms. The fraction of sp³-hybridized carbons (Fsp3) is 0.160. The molecule has 0 aliphatic heterocycles. The first-order valence-corrected chi connectivity index (χ1v) is 11.4. The molecule has 2 aromatic heterocycles. The Balaban J connectivity index is 0.000000122. The molecule has 1 nitrogen and oxygen atoms in total. The zero-order valence-corrected chi connectivity index (χ0v) is 18.2. The molecule has 0 saturated heterocycles. The Hall–Kier alpha value is -2.36. The number of nitrogens with zero attached hydrogens (tertiary/aromatic N) is 1. The number of allylic oxidation sites excluding steroid dienone is 2. The molecule has 0 fully saturated rings. The van der Waals surface area contributed by atoms with Gasteiger partial charge in [-0.2, -0.15) is 0 Å². The van der Waals surface area contributed by atoms with E-state index >= 15 is 0 Å². The molecule has 142 valence electrons. The molecule has 0 spiro atoms. The Morgan fingerprint density at radius 2 is 1.61 bits per heavy atom. The van der Waals surface area contributed by atoms with Crippen molar-refractivity contribution < 1.29 is 0 Å². The average Bonchev–Trinajstić information content (AvgIpc) is 3.33. The molecule has 1 aliphatic carbocycles. The van der Waals surface area contributed by atoms with E-state index in [-0.39, 0.29) is 0 Å². The lowest BCUT2D eigenvalue weighted by Crippen LogP contribution is -1.79. The fourth-order valence-corrected chi connectivity index (χ4v) is 4.38. The smallest absolute Gasteiger partial charge is 0.0345 e. The third kappa shape index (κ3) is 5.34. The predicted octanol–water partition coefficient (Wildman–Crippen LogP) is 7.66. The van der Waals surface area contributed by atoms with Crippen molar-refractivity contribution in [2.24, 2.45) is 0 Å². The summed E-state index contributed by atoms with van der Waals surface area (Å²) in [7, 11) is 0. The molecule has 28 heavy (non-hydrogen) atoms. The van der Waals surface area contributed by atoms with Crippen molar-refractivity contribution in [3.05, 3.63) is 101 Å². The van der Waals surface area contributed by atoms with Crippen molar-refractivity contribution in [3.63, 3.8) is 0 Å². The van der Waals surface area contributed by atoms with Gasteiger partial charge in [0.25, 0.3) is 0 Å². The van der Waals surface area contributed by atoms with Crippen molar-refractivity contribution >= 4 is 38.8 Å². The maximum absolute atomic E-state index is 3.88. The highest BCUT2D eigenvalue weighted by Crippen LogP contribution is 2.26. The summed E-state index contributed by atoms with van der Waals surface area (Å²) < 4.78 is 1.39. The molecule has 0 saturated carbocycles. The predicted molar refractivity (Wildman–Crippen MR) is 126 cm³/mol. The van der Waals surface area contributed by atoms with Gasteiger partial charge in [-0.05, 0) is 77.8 Å². The van der Waals surface area contributed by atoms with E-state index in [1.54, 1.807) is 24.2 Å². The van der Waals surface area contributed by atoms with Crippen molar-refractivity contribution in [3.8, 4) is 0 Å². The summed E-state index contributed by atoms with van der Waals surface area (Å²) in [4.78, 5) is 5.14. The number of aromatic nitrogens is 1. The third-order valence-corrected chi connectivity index (χ3v) is 6.46. The second-order valence-electron chi connectivity index (χ2n) is 6.55. The maximum Gasteiger partial charge on any atom is 0.0345 e. The molecule has 0 bridgehead atoms. The summed E-state index contributed by atoms with van der Waals surface area (Å²) >= 11 is 3.54. The van der Waals surface area contributed by atoms with Crippen LogP contribution in [0.15, 0.2) is 89.4 Å². The lowest BCUT2D eigenvalue weighted by molar-refractivity contribution is 1.27. The van der Waals surface area contributed by atoms with Crippen LogP contribution in [-0.4, -0.2) is 11.2 Å². The Labute approximate surface area is 176 Å². The highest BCUT2D eigenvalue weighted by atomic mass is 32.2. The lowest BCUT2D eigenvalue weighted by atomic mass is 10.1. The summed E-state index contributed by atoms with van der Waals surface area (Å²) in [6.45, 7) is 4.32. The summed E-state index contributed by atoms with van der Waals surface area (Å²) in [5.74, 6) is 0. The molecule has 0 N–H and O–H groups in total. The van der Waals surface area contributed by atoms with E-state index in [0.717, 1.165) is 6.42 Å². The molecule has 2 aromatic carbocycles. The first-order valence-electron chi connectivity index (χ1n) is 9.31. The summed E-state index contributed by atoms with van der Waals surface area (Å²) in [5, 5.41) is 3.59. The number of fused-ring (bicyclic) bond motifs is 2. The second-order valence-corrected chi connectivity index (χ2v) is 8.34. The minimum absolute atomic E-state index is 1.13. The van der Waals surface area contributed by atoms with E-state index in [0.29, 0.717) is 0 Å². The first kappa shape index (κ1) is 20.4. The van der Waals surface area contributed by atoms with Gasteiger partial charge < -0.3 is 0 Å². The third-order valence-electron chi connectivity index (χ3n) is 4.63. The van der Waals surface area contributed by atoms with Crippen LogP contribution in [0.25, 0.3) is 15.7 Å². The van der Waals surface area contributed by atoms with Crippen LogP contribution in [0.2, 0.25) is 0 Å². The van der Waals surface area contributed by atoms with Crippen molar-refractivity contribution in [2.45, 2.75) is 25.2 Å². The van der Waals surface area contributed by atoms with Crippen LogP contribution >= 0.6 is 23.1 Å². The van der Waals surface area contributed by atoms with Gasteiger partial charge in [-0.3, -0.25) is 4.98 Å². The topological polar surface area (TPSA) is 12.9 Å². The average molecular weight is 404 g/mol. The summed E-state index contributed by atoms with van der Waals surface area (Å²) in [6, 6.07) is 21.1. The summed E-state index contributed by atoms with van der Waals surface area (Å²) in [5.41, 5.74) is 5.72. The number of hydrogen-bond acceptors (Lipinski definition) is 3. The molecule has 0 amide bonds. The molecule has 4 aromatic rings. The minimum Gasteiger partial charge on any atom is -0.265 e. The normalized spacial score (nSPS) is 11.6. The molecule has 0 radical (unpaired) electrons. The van der Waals surface area contributed by atoms with Crippen molar-refractivity contribution in [1.29, 1.82) is 0 Å². The number of pyridine rings is 1. The van der Waals surface area contributed by atoms with Crippen LogP contribution < -0.4 is 0 Å². The number of thiophene rings is 1. The highest BCUT2D eigenvalue weighted by molar-refractivity contribution is 7.98. The Bertz CT molecular complexity index is 1050. The van der Waals surface area contributed by atoms with Gasteiger partial charge in [-0.15, -0.1) is 23.1 Å². The van der Waals surface area contributed by atoms with Gasteiger partial charge in [0.15, 0.2) is 0 Å². The number of benzene rings is 2. The van der Waals surface area contributed by atoms with E-state index in [4.69, 9.17) is 0 Å². The standard InChI is InChI=1S/C10H10.C9H8S.C6H7NS/c1-8-6-7-9-4-2-3-5-10(8)9;1-7-6-10-9-5-3-2-4-8(7)9;1-8-6-2-4-7-5-3-6/h2-6H,7H2,1H3;2-6H,1H3;2-5H,1H3. The van der Waals surface area contributed by atoms with E-state index in [1.165, 1.54) is 37.2 Å². The molecular weight excluding hydrogens is 378 g/mol. The maximum atomic E-state index is 3.88. The number of thioether (sulfide) groups is 1. The van der Waals surface area contributed by atoms with E-state index in [9.17, 15) is 0 Å². The fourth-order valence-electron chi connectivity index (χ4n) is 3.04. The van der Waals surface area contributed by atoms with Gasteiger partial charge in [-0.25, -0.2) is 0 Å². The van der Waals surface area contributed by atoms with Gasteiger partial charge in [0.2, 0.25) is 0 Å². The van der Waals surface area contributed by atoms with Crippen LogP contribution in [0, 0.1) is 6.92 Å². The van der Waals surface area contributed by atoms with Gasteiger partial charge >= 0.3 is 0 Å². The van der Waals surface area contributed by atoms with Crippen LogP contribution in [0.4, 0.5) is 0 Å². The van der Waals surface area contributed by atoms with Crippen LogP contribution in [0.1, 0.15) is 23.6 Å². The quantitative estimate of drug-likeness (QED) is 0.303. The van der Waals surface area contributed by atoms with Crippen molar-refractivity contribution in [1.82, 2.24) is 4.98 Å². The van der Waals surface area contributed by atoms with Crippen LogP contribution in [0.5, 0.6) is 0 Å². The summed E-state index contributed by atoms with van der Waals surface area (Å²) in [6.07, 6.45) is 9.06. The molecule has 0 unspecified atom stereocenters. The SMILES string of the molecule is CC1=CCc2ccccc21.CSc1ccncc1.Cc1csc2ccccc12. The number of aryl methyl sites for hydroxylation is 1. The Kier molecular flexibility index (Phi) is 7.46. The molecular formula is C25H25NS2. The van der Waals surface area contributed by atoms with Gasteiger partial charge in [0.05, 0.1) is 0 Å². The first-order chi connectivity index (χ1) is 13.7. The molecule has 0 atom stereocenters. The Morgan fingerprint density at radius 1 is 0.893 bits per heavy atom. The molecule has 2 heterocycles. The van der Waals surface area contributed by atoms with E-state index in [1.807, 2.05) is 23.5 Å². The van der Waals surface area contributed by atoms with Crippen LogP contribution in [-0.2, 0) is 6.42 Å². The number of rotatable bonds is 1. The van der Waals surface area contributed by atoms with Gasteiger partial charge in [-0.1, -0.05) is 48.5 Å². The monoisotopic (exact) mass is 403 g/mol. The number of hydrogen-bond donors (Lipinski definition) is 0. The van der Waals surface area contributed by atoms with Gasteiger partial charge in [0.1, 0.15) is 0 Å². The second kappa shape index (κ2) is 10.3. The van der Waals surface area contributed by atoms with Crippen molar-refractivity contribution in [2.75, 3.05) is 6.26 Å².